The number of fused-ring (bicyclic) bond motifs is 2. The Labute approximate surface area is 228 Å². The number of likely N-dealkylation sites (tertiary alicyclic amines) is 1. The van der Waals surface area contributed by atoms with Crippen LogP contribution in [0.2, 0.25) is 0 Å². The molecule has 8 heteroatoms. The summed E-state index contributed by atoms with van der Waals surface area (Å²) in [4.78, 5) is 48.3. The highest BCUT2D eigenvalue weighted by atomic mass is 16.5. The molecule has 4 aliphatic rings. The molecule has 1 N–H and O–H groups in total. The first-order chi connectivity index (χ1) is 17.7. The minimum absolute atomic E-state index is 0.0211. The van der Waals surface area contributed by atoms with Crippen molar-refractivity contribution in [2.45, 2.75) is 103 Å². The summed E-state index contributed by atoms with van der Waals surface area (Å²) in [7, 11) is 0. The lowest BCUT2D eigenvalue weighted by atomic mass is 9.74. The van der Waals surface area contributed by atoms with E-state index in [4.69, 9.17) is 4.74 Å². The van der Waals surface area contributed by atoms with Gasteiger partial charge in [0, 0.05) is 25.2 Å². The molecule has 0 aromatic rings. The topological polar surface area (TPSA) is 90.4 Å². The summed E-state index contributed by atoms with van der Waals surface area (Å²) in [5.74, 6) is -2.18. The SMILES string of the molecule is CCCN1CC=C[C@]2(C)O[C@]34C=CCN(C(C)(C)CC(C)(C)C)C(=O)C3N([C@@H](CC)CO)C(=O)[C@@H]4[C@@H]2C1=O. The third-order valence-corrected chi connectivity index (χ3v) is 8.84. The van der Waals surface area contributed by atoms with Gasteiger partial charge in [-0.15, -0.1) is 0 Å². The first-order valence-electron chi connectivity index (χ1n) is 14.3. The molecular weight excluding hydrogens is 482 g/mol. The first kappa shape index (κ1) is 28.8. The van der Waals surface area contributed by atoms with Crippen molar-refractivity contribution in [3.8, 4) is 0 Å². The van der Waals surface area contributed by atoms with Gasteiger partial charge in [-0.1, -0.05) is 58.9 Å². The molecule has 3 amide bonds. The van der Waals surface area contributed by atoms with E-state index in [0.717, 1.165) is 12.8 Å². The molecule has 2 fully saturated rings. The Morgan fingerprint density at radius 2 is 1.66 bits per heavy atom. The molecule has 38 heavy (non-hydrogen) atoms. The van der Waals surface area contributed by atoms with Crippen LogP contribution in [0.5, 0.6) is 0 Å². The number of carbonyl (C=O) groups is 3. The van der Waals surface area contributed by atoms with Crippen LogP contribution >= 0.6 is 0 Å². The number of aliphatic hydroxyl groups excluding tert-OH is 1. The van der Waals surface area contributed by atoms with Crippen LogP contribution in [0.1, 0.15) is 74.7 Å². The van der Waals surface area contributed by atoms with Gasteiger partial charge >= 0.3 is 0 Å². The second kappa shape index (κ2) is 9.77. The molecular formula is C30H47N3O5. The summed E-state index contributed by atoms with van der Waals surface area (Å²) >= 11 is 0. The van der Waals surface area contributed by atoms with Crippen LogP contribution in [-0.4, -0.2) is 92.6 Å². The molecule has 2 saturated heterocycles. The van der Waals surface area contributed by atoms with Crippen molar-refractivity contribution < 1.29 is 24.2 Å². The zero-order valence-corrected chi connectivity index (χ0v) is 24.5. The van der Waals surface area contributed by atoms with Gasteiger partial charge in [0.25, 0.3) is 0 Å². The Morgan fingerprint density at radius 1 is 1.00 bits per heavy atom. The predicted molar refractivity (Wildman–Crippen MR) is 146 cm³/mol. The lowest BCUT2D eigenvalue weighted by Gasteiger charge is -2.45. The van der Waals surface area contributed by atoms with E-state index in [1.165, 1.54) is 0 Å². The summed E-state index contributed by atoms with van der Waals surface area (Å²) < 4.78 is 6.88. The van der Waals surface area contributed by atoms with Gasteiger partial charge in [-0.2, -0.15) is 0 Å². The zero-order chi connectivity index (χ0) is 28.3. The summed E-state index contributed by atoms with van der Waals surface area (Å²) in [6.45, 7) is 17.6. The zero-order valence-electron chi connectivity index (χ0n) is 24.5. The normalized spacial score (nSPS) is 34.3. The van der Waals surface area contributed by atoms with Crippen molar-refractivity contribution in [2.75, 3.05) is 26.2 Å². The van der Waals surface area contributed by atoms with Crippen molar-refractivity contribution in [2.24, 2.45) is 17.3 Å². The van der Waals surface area contributed by atoms with Crippen molar-refractivity contribution >= 4 is 17.7 Å². The number of nitrogens with zero attached hydrogens (tertiary/aromatic N) is 3. The Kier molecular flexibility index (Phi) is 7.41. The Bertz CT molecular complexity index is 1030. The summed E-state index contributed by atoms with van der Waals surface area (Å²) in [5, 5.41) is 10.3. The van der Waals surface area contributed by atoms with Gasteiger partial charge in [0.2, 0.25) is 17.7 Å². The van der Waals surface area contributed by atoms with Gasteiger partial charge in [0.15, 0.2) is 0 Å². The molecule has 1 unspecified atom stereocenters. The van der Waals surface area contributed by atoms with Crippen molar-refractivity contribution in [3.05, 3.63) is 24.3 Å². The summed E-state index contributed by atoms with van der Waals surface area (Å²) in [5.41, 5.74) is -2.82. The largest absolute Gasteiger partial charge is 0.394 e. The maximum absolute atomic E-state index is 14.6. The first-order valence-corrected chi connectivity index (χ1v) is 14.3. The lowest BCUT2D eigenvalue weighted by molar-refractivity contribution is -0.159. The highest BCUT2D eigenvalue weighted by Crippen LogP contribution is 2.58. The Morgan fingerprint density at radius 3 is 2.24 bits per heavy atom. The average Bonchev–Trinajstić information content (AvgIpc) is 3.07. The standard InChI is InChI=1S/C30H47N3O5/c1-9-15-31-16-11-13-29(8)21(24(31)35)22-25(36)33(20(10-2)18-34)23-26(37)32(17-12-14-30(22,23)38-29)28(6,7)19-27(3,4)5/h11-14,20-23,34H,9-10,15-19H2,1-8H3/t20-,21+,22-,23?,29-,30-/m0/s1. The van der Waals surface area contributed by atoms with Crippen LogP contribution in [0.3, 0.4) is 0 Å². The van der Waals surface area contributed by atoms with Gasteiger partial charge in [0.1, 0.15) is 11.6 Å². The van der Waals surface area contributed by atoms with E-state index >= 15 is 0 Å². The van der Waals surface area contributed by atoms with Gasteiger partial charge in [0.05, 0.1) is 30.1 Å². The Hall–Kier alpha value is -2.19. The van der Waals surface area contributed by atoms with Gasteiger partial charge in [-0.05, 0) is 45.4 Å². The molecule has 4 aliphatic heterocycles. The number of carbonyl (C=O) groups excluding carboxylic acids is 3. The number of rotatable bonds is 7. The van der Waals surface area contributed by atoms with Crippen molar-refractivity contribution in [1.29, 1.82) is 0 Å². The molecule has 0 aromatic heterocycles. The van der Waals surface area contributed by atoms with Gasteiger partial charge in [-0.3, -0.25) is 14.4 Å². The van der Waals surface area contributed by atoms with E-state index in [1.54, 1.807) is 9.80 Å². The molecule has 6 atom stereocenters. The minimum atomic E-state index is -1.29. The molecule has 8 nitrogen and oxygen atoms in total. The van der Waals surface area contributed by atoms with Crippen molar-refractivity contribution in [3.63, 3.8) is 0 Å². The molecule has 0 aromatic carbocycles. The van der Waals surface area contributed by atoms with E-state index < -0.39 is 40.7 Å². The highest BCUT2D eigenvalue weighted by Gasteiger charge is 2.75. The molecule has 0 saturated carbocycles. The average molecular weight is 530 g/mol. The molecule has 4 rings (SSSR count). The fourth-order valence-electron chi connectivity index (χ4n) is 7.73. The summed E-state index contributed by atoms with van der Waals surface area (Å²) in [6, 6.07) is -1.50. The van der Waals surface area contributed by atoms with Crippen LogP contribution in [0, 0.1) is 17.3 Å². The second-order valence-corrected chi connectivity index (χ2v) is 13.6. The van der Waals surface area contributed by atoms with Crippen molar-refractivity contribution in [1.82, 2.24) is 14.7 Å². The van der Waals surface area contributed by atoms with Gasteiger partial charge in [-0.25, -0.2) is 0 Å². The third-order valence-electron chi connectivity index (χ3n) is 8.84. The smallest absolute Gasteiger partial charge is 0.249 e. The monoisotopic (exact) mass is 529 g/mol. The van der Waals surface area contributed by atoms with E-state index in [-0.39, 0.29) is 29.7 Å². The number of ether oxygens (including phenoxy) is 1. The number of aliphatic hydroxyl groups is 1. The fraction of sp³-hybridized carbons (Fsp3) is 0.767. The fourth-order valence-corrected chi connectivity index (χ4v) is 7.73. The highest BCUT2D eigenvalue weighted by molar-refractivity contribution is 6.00. The number of hydrogen-bond acceptors (Lipinski definition) is 5. The van der Waals surface area contributed by atoms with Crippen LogP contribution in [0.4, 0.5) is 0 Å². The maximum atomic E-state index is 14.6. The van der Waals surface area contributed by atoms with E-state index in [0.29, 0.717) is 26.1 Å². The van der Waals surface area contributed by atoms with Crippen LogP contribution in [0.15, 0.2) is 24.3 Å². The molecule has 212 valence electrons. The molecule has 0 aliphatic carbocycles. The van der Waals surface area contributed by atoms with Crippen LogP contribution < -0.4 is 0 Å². The quantitative estimate of drug-likeness (QED) is 0.512. The van der Waals surface area contributed by atoms with E-state index in [9.17, 15) is 19.5 Å². The van der Waals surface area contributed by atoms with Gasteiger partial charge < -0.3 is 24.5 Å². The third kappa shape index (κ3) is 4.41. The molecule has 0 bridgehead atoms. The number of hydrogen-bond donors (Lipinski definition) is 1. The van der Waals surface area contributed by atoms with Crippen LogP contribution in [-0.2, 0) is 19.1 Å². The van der Waals surface area contributed by atoms with Crippen LogP contribution in [0.25, 0.3) is 0 Å². The summed E-state index contributed by atoms with van der Waals surface area (Å²) in [6.07, 6.45) is 9.76. The maximum Gasteiger partial charge on any atom is 0.249 e. The lowest BCUT2D eigenvalue weighted by Crippen LogP contribution is -2.62. The molecule has 4 heterocycles. The minimum Gasteiger partial charge on any atom is -0.394 e. The van der Waals surface area contributed by atoms with E-state index in [2.05, 4.69) is 34.6 Å². The second-order valence-electron chi connectivity index (χ2n) is 13.6. The molecule has 0 radical (unpaired) electrons. The number of amides is 3. The Balaban J connectivity index is 1.88. The molecule has 1 spiro atoms. The van der Waals surface area contributed by atoms with E-state index in [1.807, 2.05) is 50.0 Å². The predicted octanol–water partition coefficient (Wildman–Crippen LogP) is 3.15.